The molecule has 7 heteroatoms. The quantitative estimate of drug-likeness (QED) is 0.794. The van der Waals surface area contributed by atoms with Gasteiger partial charge in [0, 0.05) is 25.8 Å². The first-order chi connectivity index (χ1) is 10.2. The second kappa shape index (κ2) is 7.82. The molecule has 0 spiro atoms. The fourth-order valence-electron chi connectivity index (χ4n) is 2.33. The Balaban J connectivity index is 2.22. The van der Waals surface area contributed by atoms with Gasteiger partial charge in [-0.3, -0.25) is 5.32 Å². The van der Waals surface area contributed by atoms with Crippen LogP contribution in [0.1, 0.15) is 13.3 Å². The smallest absolute Gasteiger partial charge is 0.232 e. The van der Waals surface area contributed by atoms with Crippen molar-refractivity contribution < 1.29 is 4.74 Å². The number of nitrogens with one attached hydrogen (secondary N) is 1. The molecular formula is C14H25N5OS. The van der Waals surface area contributed by atoms with E-state index in [1.54, 1.807) is 11.8 Å². The summed E-state index contributed by atoms with van der Waals surface area (Å²) in [5.41, 5.74) is 0. The number of piperazine rings is 1. The van der Waals surface area contributed by atoms with Crippen LogP contribution in [-0.4, -0.2) is 67.6 Å². The van der Waals surface area contributed by atoms with Crippen molar-refractivity contribution in [3.05, 3.63) is 6.20 Å². The first kappa shape index (κ1) is 16.3. The molecule has 1 aliphatic heterocycles. The maximum absolute atomic E-state index is 5.77. The third kappa shape index (κ3) is 3.99. The summed E-state index contributed by atoms with van der Waals surface area (Å²) in [6, 6.07) is 0. The molecule has 1 atom stereocenters. The van der Waals surface area contributed by atoms with Crippen molar-refractivity contribution in [1.82, 2.24) is 20.2 Å². The van der Waals surface area contributed by atoms with Gasteiger partial charge in [-0.05, 0) is 26.8 Å². The Bertz CT molecular complexity index is 459. The monoisotopic (exact) mass is 311 g/mol. The molecule has 2 heterocycles. The number of aromatic nitrogens is 2. The van der Waals surface area contributed by atoms with Crippen LogP contribution in [0.5, 0.6) is 5.88 Å². The number of hydrogen-bond donors (Lipinski definition) is 1. The number of thioether (sulfide) groups is 1. The minimum Gasteiger partial charge on any atom is -0.477 e. The van der Waals surface area contributed by atoms with Gasteiger partial charge in [0.2, 0.25) is 11.8 Å². The molecule has 1 fully saturated rings. The number of likely N-dealkylation sites (N-methyl/N-ethyl adjacent to an activating group) is 2. The highest BCUT2D eigenvalue weighted by molar-refractivity contribution is 7.98. The fraction of sp³-hybridized carbons (Fsp3) is 0.714. The van der Waals surface area contributed by atoms with E-state index in [0.717, 1.165) is 36.9 Å². The minimum atomic E-state index is 0.225. The van der Waals surface area contributed by atoms with Crippen LogP contribution < -0.4 is 15.0 Å². The van der Waals surface area contributed by atoms with Gasteiger partial charge in [0.1, 0.15) is 0 Å². The Morgan fingerprint density at radius 1 is 1.48 bits per heavy atom. The zero-order chi connectivity index (χ0) is 15.2. The van der Waals surface area contributed by atoms with Crippen molar-refractivity contribution in [3.8, 4) is 5.88 Å². The molecule has 1 aromatic heterocycles. The Labute approximate surface area is 131 Å². The number of hydrogen-bond acceptors (Lipinski definition) is 7. The van der Waals surface area contributed by atoms with Crippen LogP contribution in [0.25, 0.3) is 0 Å². The van der Waals surface area contributed by atoms with Crippen molar-refractivity contribution in [2.45, 2.75) is 24.4 Å². The third-order valence-corrected chi connectivity index (χ3v) is 4.27. The first-order valence-corrected chi connectivity index (χ1v) is 8.58. The molecule has 1 aromatic rings. The summed E-state index contributed by atoms with van der Waals surface area (Å²) in [6.45, 7) is 5.65. The van der Waals surface area contributed by atoms with Gasteiger partial charge in [-0.2, -0.15) is 4.98 Å². The van der Waals surface area contributed by atoms with E-state index in [2.05, 4.69) is 39.1 Å². The van der Waals surface area contributed by atoms with Crippen LogP contribution in [-0.2, 0) is 0 Å². The third-order valence-electron chi connectivity index (χ3n) is 3.55. The number of nitrogens with zero attached hydrogens (tertiary/aromatic N) is 4. The lowest BCUT2D eigenvalue weighted by Gasteiger charge is -2.39. The molecule has 1 unspecified atom stereocenters. The summed E-state index contributed by atoms with van der Waals surface area (Å²) in [5, 5.41) is 3.33. The largest absolute Gasteiger partial charge is 0.477 e. The van der Waals surface area contributed by atoms with E-state index in [4.69, 9.17) is 4.74 Å². The summed E-state index contributed by atoms with van der Waals surface area (Å²) in [6.07, 6.45) is 5.08. The lowest BCUT2D eigenvalue weighted by atomic mass is 10.3. The molecule has 6 nitrogen and oxygen atoms in total. The summed E-state index contributed by atoms with van der Waals surface area (Å²) >= 11 is 1.62. The molecule has 118 valence electrons. The van der Waals surface area contributed by atoms with Crippen LogP contribution >= 0.6 is 11.8 Å². The lowest BCUT2D eigenvalue weighted by Crippen LogP contribution is -2.58. The molecule has 1 saturated heterocycles. The number of anilines is 1. The zero-order valence-electron chi connectivity index (χ0n) is 13.3. The van der Waals surface area contributed by atoms with E-state index < -0.39 is 0 Å². The van der Waals surface area contributed by atoms with Crippen molar-refractivity contribution in [1.29, 1.82) is 0 Å². The van der Waals surface area contributed by atoms with Gasteiger partial charge in [-0.25, -0.2) is 4.98 Å². The van der Waals surface area contributed by atoms with Crippen LogP contribution in [0.15, 0.2) is 11.1 Å². The van der Waals surface area contributed by atoms with Gasteiger partial charge in [-0.15, -0.1) is 11.8 Å². The molecule has 0 amide bonds. The van der Waals surface area contributed by atoms with Gasteiger partial charge in [0.05, 0.1) is 17.7 Å². The normalized spacial score (nSPS) is 19.8. The maximum atomic E-state index is 5.77. The number of rotatable bonds is 6. The highest BCUT2D eigenvalue weighted by atomic mass is 32.2. The van der Waals surface area contributed by atoms with E-state index in [0.29, 0.717) is 12.5 Å². The highest BCUT2D eigenvalue weighted by Crippen LogP contribution is 2.27. The van der Waals surface area contributed by atoms with E-state index in [1.165, 1.54) is 0 Å². The van der Waals surface area contributed by atoms with Gasteiger partial charge in [0.15, 0.2) is 0 Å². The van der Waals surface area contributed by atoms with Crippen LogP contribution in [0.3, 0.4) is 0 Å². The van der Waals surface area contributed by atoms with Crippen molar-refractivity contribution in [2.75, 3.05) is 51.5 Å². The first-order valence-electron chi connectivity index (χ1n) is 7.35. The van der Waals surface area contributed by atoms with Crippen molar-refractivity contribution >= 4 is 17.7 Å². The average molecular weight is 311 g/mol. The molecule has 0 bridgehead atoms. The average Bonchev–Trinajstić information content (AvgIpc) is 2.52. The van der Waals surface area contributed by atoms with Gasteiger partial charge in [0.25, 0.3) is 0 Å². The topological polar surface area (TPSA) is 53.5 Å². The lowest BCUT2D eigenvalue weighted by molar-refractivity contribution is 0.248. The SMILES string of the molecule is CCCOc1nc(N2CCN(C)CC2NC)ncc1SC. The summed E-state index contributed by atoms with van der Waals surface area (Å²) in [4.78, 5) is 14.7. The van der Waals surface area contributed by atoms with Crippen LogP contribution in [0.2, 0.25) is 0 Å². The van der Waals surface area contributed by atoms with E-state index >= 15 is 0 Å². The van der Waals surface area contributed by atoms with Gasteiger partial charge >= 0.3 is 0 Å². The zero-order valence-corrected chi connectivity index (χ0v) is 14.1. The highest BCUT2D eigenvalue weighted by Gasteiger charge is 2.26. The minimum absolute atomic E-state index is 0.225. The van der Waals surface area contributed by atoms with Crippen LogP contribution in [0.4, 0.5) is 5.95 Å². The molecule has 0 radical (unpaired) electrons. The Morgan fingerprint density at radius 3 is 2.95 bits per heavy atom. The predicted molar refractivity (Wildman–Crippen MR) is 87.3 cm³/mol. The molecular weight excluding hydrogens is 286 g/mol. The molecule has 1 N–H and O–H groups in total. The van der Waals surface area contributed by atoms with E-state index in [9.17, 15) is 0 Å². The summed E-state index contributed by atoms with van der Waals surface area (Å²) < 4.78 is 5.77. The molecule has 21 heavy (non-hydrogen) atoms. The standard InChI is InChI=1S/C14H25N5OS/c1-5-8-20-13-11(21-4)9-16-14(17-13)19-7-6-18(3)10-12(19)15-2/h9,12,15H,5-8,10H2,1-4H3. The molecule has 1 aliphatic rings. The number of ether oxygens (including phenoxy) is 1. The molecule has 0 aliphatic carbocycles. The second-order valence-electron chi connectivity index (χ2n) is 5.15. The predicted octanol–water partition coefficient (Wildman–Crippen LogP) is 1.28. The Morgan fingerprint density at radius 2 is 2.29 bits per heavy atom. The summed E-state index contributed by atoms with van der Waals surface area (Å²) in [5.74, 6) is 1.44. The fourth-order valence-corrected chi connectivity index (χ4v) is 2.77. The Kier molecular flexibility index (Phi) is 6.08. The van der Waals surface area contributed by atoms with Crippen molar-refractivity contribution in [2.24, 2.45) is 0 Å². The van der Waals surface area contributed by atoms with Crippen LogP contribution in [0, 0.1) is 0 Å². The summed E-state index contributed by atoms with van der Waals surface area (Å²) in [7, 11) is 4.11. The maximum Gasteiger partial charge on any atom is 0.232 e. The molecule has 2 rings (SSSR count). The van der Waals surface area contributed by atoms with E-state index in [1.807, 2.05) is 19.5 Å². The Hall–Kier alpha value is -1.05. The van der Waals surface area contributed by atoms with Crippen molar-refractivity contribution in [3.63, 3.8) is 0 Å². The second-order valence-corrected chi connectivity index (χ2v) is 6.00. The molecule has 0 saturated carbocycles. The van der Waals surface area contributed by atoms with Gasteiger partial charge in [-0.1, -0.05) is 6.92 Å². The van der Waals surface area contributed by atoms with E-state index in [-0.39, 0.29) is 6.17 Å². The van der Waals surface area contributed by atoms with Gasteiger partial charge < -0.3 is 14.5 Å². The molecule has 0 aromatic carbocycles.